The van der Waals surface area contributed by atoms with Crippen LogP contribution in [0.15, 0.2) is 42.5 Å². The van der Waals surface area contributed by atoms with Gasteiger partial charge in [0, 0.05) is 12.1 Å². The van der Waals surface area contributed by atoms with Gasteiger partial charge in [-0.2, -0.15) is 0 Å². The van der Waals surface area contributed by atoms with Crippen molar-refractivity contribution in [3.05, 3.63) is 59.4 Å². The SMILES string of the molecule is CCCCOc1ccc(C(=O)NCCc2ccc(F)cc2)cc1OC. The van der Waals surface area contributed by atoms with Crippen molar-refractivity contribution in [2.45, 2.75) is 26.2 Å². The number of carbonyl (C=O) groups is 1. The summed E-state index contributed by atoms with van der Waals surface area (Å²) in [5.41, 5.74) is 1.48. The first-order valence-corrected chi connectivity index (χ1v) is 8.47. The molecule has 0 aromatic heterocycles. The van der Waals surface area contributed by atoms with E-state index >= 15 is 0 Å². The Bertz CT molecular complexity index is 686. The fraction of sp³-hybridized carbons (Fsp3) is 0.350. The highest BCUT2D eigenvalue weighted by Gasteiger charge is 2.11. The molecule has 1 N–H and O–H groups in total. The van der Waals surface area contributed by atoms with Crippen molar-refractivity contribution >= 4 is 5.91 Å². The zero-order valence-electron chi connectivity index (χ0n) is 14.7. The molecule has 1 amide bonds. The van der Waals surface area contributed by atoms with E-state index in [0.717, 1.165) is 18.4 Å². The topological polar surface area (TPSA) is 47.6 Å². The lowest BCUT2D eigenvalue weighted by Gasteiger charge is -2.12. The van der Waals surface area contributed by atoms with Gasteiger partial charge < -0.3 is 14.8 Å². The second-order valence-electron chi connectivity index (χ2n) is 5.70. The van der Waals surface area contributed by atoms with Crippen molar-refractivity contribution in [1.29, 1.82) is 0 Å². The molecule has 4 nitrogen and oxygen atoms in total. The average Bonchev–Trinajstić information content (AvgIpc) is 2.63. The molecule has 2 rings (SSSR count). The number of carbonyl (C=O) groups excluding carboxylic acids is 1. The highest BCUT2D eigenvalue weighted by molar-refractivity contribution is 5.94. The van der Waals surface area contributed by atoms with Crippen LogP contribution in [0.2, 0.25) is 0 Å². The number of benzene rings is 2. The molecular formula is C20H24FNO3. The monoisotopic (exact) mass is 345 g/mol. The molecule has 2 aromatic carbocycles. The van der Waals surface area contributed by atoms with Gasteiger partial charge in [0.05, 0.1) is 13.7 Å². The Hall–Kier alpha value is -2.56. The number of unbranched alkanes of at least 4 members (excludes halogenated alkanes) is 1. The van der Waals surface area contributed by atoms with Gasteiger partial charge in [-0.1, -0.05) is 25.5 Å². The van der Waals surface area contributed by atoms with Crippen LogP contribution >= 0.6 is 0 Å². The smallest absolute Gasteiger partial charge is 0.251 e. The molecule has 25 heavy (non-hydrogen) atoms. The Morgan fingerprint density at radius 1 is 1.12 bits per heavy atom. The van der Waals surface area contributed by atoms with Crippen LogP contribution < -0.4 is 14.8 Å². The van der Waals surface area contributed by atoms with Crippen molar-refractivity contribution in [1.82, 2.24) is 5.32 Å². The quantitative estimate of drug-likeness (QED) is 0.699. The maximum atomic E-state index is 12.9. The molecule has 0 saturated heterocycles. The largest absolute Gasteiger partial charge is 0.493 e. The molecule has 0 bridgehead atoms. The summed E-state index contributed by atoms with van der Waals surface area (Å²) in [5, 5.41) is 2.86. The predicted molar refractivity (Wildman–Crippen MR) is 95.8 cm³/mol. The highest BCUT2D eigenvalue weighted by Crippen LogP contribution is 2.28. The number of amides is 1. The second-order valence-corrected chi connectivity index (χ2v) is 5.70. The van der Waals surface area contributed by atoms with Gasteiger partial charge in [0.1, 0.15) is 5.82 Å². The molecule has 0 unspecified atom stereocenters. The molecule has 0 fully saturated rings. The molecule has 0 saturated carbocycles. The van der Waals surface area contributed by atoms with E-state index in [1.807, 2.05) is 0 Å². The fourth-order valence-electron chi connectivity index (χ4n) is 2.33. The molecule has 134 valence electrons. The third-order valence-electron chi connectivity index (χ3n) is 3.79. The van der Waals surface area contributed by atoms with Crippen LogP contribution in [0.1, 0.15) is 35.7 Å². The van der Waals surface area contributed by atoms with Crippen molar-refractivity contribution in [2.24, 2.45) is 0 Å². The first kappa shape index (κ1) is 18.8. The zero-order valence-corrected chi connectivity index (χ0v) is 14.7. The van der Waals surface area contributed by atoms with Crippen LogP contribution in [0, 0.1) is 5.82 Å². The van der Waals surface area contributed by atoms with Crippen molar-refractivity contribution in [3.8, 4) is 11.5 Å². The molecule has 2 aromatic rings. The third kappa shape index (κ3) is 5.78. The molecule has 0 atom stereocenters. The molecule has 0 aliphatic rings. The number of ether oxygens (including phenoxy) is 2. The average molecular weight is 345 g/mol. The Balaban J connectivity index is 1.90. The third-order valence-corrected chi connectivity index (χ3v) is 3.79. The van der Waals surface area contributed by atoms with E-state index < -0.39 is 0 Å². The summed E-state index contributed by atoms with van der Waals surface area (Å²) in [7, 11) is 1.55. The summed E-state index contributed by atoms with van der Waals surface area (Å²) in [6.07, 6.45) is 2.66. The number of hydrogen-bond donors (Lipinski definition) is 1. The Morgan fingerprint density at radius 2 is 1.88 bits per heavy atom. The van der Waals surface area contributed by atoms with Gasteiger partial charge in [-0.3, -0.25) is 4.79 Å². The lowest BCUT2D eigenvalue weighted by atomic mass is 10.1. The maximum Gasteiger partial charge on any atom is 0.251 e. The van der Waals surface area contributed by atoms with Crippen LogP contribution in [-0.2, 0) is 6.42 Å². The van der Waals surface area contributed by atoms with E-state index in [-0.39, 0.29) is 11.7 Å². The Morgan fingerprint density at radius 3 is 2.56 bits per heavy atom. The highest BCUT2D eigenvalue weighted by atomic mass is 19.1. The zero-order chi connectivity index (χ0) is 18.1. The van der Waals surface area contributed by atoms with Crippen molar-refractivity contribution < 1.29 is 18.7 Å². The van der Waals surface area contributed by atoms with Crippen LogP contribution in [-0.4, -0.2) is 26.2 Å². The summed E-state index contributed by atoms with van der Waals surface area (Å²) in [5.74, 6) is 0.739. The lowest BCUT2D eigenvalue weighted by molar-refractivity contribution is 0.0953. The van der Waals surface area contributed by atoms with Crippen LogP contribution in [0.3, 0.4) is 0 Å². The van der Waals surface area contributed by atoms with E-state index in [0.29, 0.717) is 36.6 Å². The van der Waals surface area contributed by atoms with Gasteiger partial charge in [-0.15, -0.1) is 0 Å². The van der Waals surface area contributed by atoms with E-state index in [1.165, 1.54) is 12.1 Å². The van der Waals surface area contributed by atoms with E-state index in [1.54, 1.807) is 37.4 Å². The summed E-state index contributed by atoms with van der Waals surface area (Å²) in [6.45, 7) is 3.19. The summed E-state index contributed by atoms with van der Waals surface area (Å²) in [6, 6.07) is 11.4. The summed E-state index contributed by atoms with van der Waals surface area (Å²) < 4.78 is 23.8. The molecule has 0 spiro atoms. The van der Waals surface area contributed by atoms with Gasteiger partial charge in [-0.25, -0.2) is 4.39 Å². The van der Waals surface area contributed by atoms with Crippen molar-refractivity contribution in [3.63, 3.8) is 0 Å². The molecule has 5 heteroatoms. The molecule has 0 aliphatic heterocycles. The summed E-state index contributed by atoms with van der Waals surface area (Å²) in [4.78, 5) is 12.3. The first-order chi connectivity index (χ1) is 12.1. The number of methoxy groups -OCH3 is 1. The minimum atomic E-state index is -0.263. The second kappa shape index (κ2) is 9.67. The Kier molecular flexibility index (Phi) is 7.26. The van der Waals surface area contributed by atoms with E-state index in [4.69, 9.17) is 9.47 Å². The maximum absolute atomic E-state index is 12.9. The van der Waals surface area contributed by atoms with Crippen LogP contribution in [0.4, 0.5) is 4.39 Å². The molecule has 0 heterocycles. The normalized spacial score (nSPS) is 10.4. The lowest BCUT2D eigenvalue weighted by Crippen LogP contribution is -2.25. The van der Waals surface area contributed by atoms with E-state index in [9.17, 15) is 9.18 Å². The van der Waals surface area contributed by atoms with Gasteiger partial charge in [0.25, 0.3) is 5.91 Å². The van der Waals surface area contributed by atoms with Gasteiger partial charge >= 0.3 is 0 Å². The number of nitrogens with one attached hydrogen (secondary N) is 1. The Labute approximate surface area is 148 Å². The van der Waals surface area contributed by atoms with Gasteiger partial charge in [0.2, 0.25) is 0 Å². The first-order valence-electron chi connectivity index (χ1n) is 8.47. The molecule has 0 radical (unpaired) electrons. The van der Waals surface area contributed by atoms with Crippen LogP contribution in [0.25, 0.3) is 0 Å². The summed E-state index contributed by atoms with van der Waals surface area (Å²) >= 11 is 0. The predicted octanol–water partition coefficient (Wildman–Crippen LogP) is 3.99. The number of halogens is 1. The van der Waals surface area contributed by atoms with Gasteiger partial charge in [-0.05, 0) is 48.7 Å². The number of hydrogen-bond acceptors (Lipinski definition) is 3. The molecule has 0 aliphatic carbocycles. The van der Waals surface area contributed by atoms with E-state index in [2.05, 4.69) is 12.2 Å². The fourth-order valence-corrected chi connectivity index (χ4v) is 2.33. The van der Waals surface area contributed by atoms with Gasteiger partial charge in [0.15, 0.2) is 11.5 Å². The minimum Gasteiger partial charge on any atom is -0.493 e. The number of rotatable bonds is 9. The van der Waals surface area contributed by atoms with Crippen molar-refractivity contribution in [2.75, 3.05) is 20.3 Å². The standard InChI is InChI=1S/C20H24FNO3/c1-3-4-13-25-18-10-7-16(14-19(18)24-2)20(23)22-12-11-15-5-8-17(21)9-6-15/h5-10,14H,3-4,11-13H2,1-2H3,(H,22,23). The molecular weight excluding hydrogens is 321 g/mol. The van der Waals surface area contributed by atoms with Crippen LogP contribution in [0.5, 0.6) is 11.5 Å². The minimum absolute atomic E-state index is 0.180.